The molecule has 0 atom stereocenters. The zero-order valence-corrected chi connectivity index (χ0v) is 30.9. The Morgan fingerprint density at radius 1 is 0.321 bits per heavy atom. The normalized spacial score (nSPS) is 11.6. The van der Waals surface area contributed by atoms with Crippen LogP contribution < -0.4 is 0 Å². The maximum absolute atomic E-state index is 6.61. The maximum Gasteiger partial charge on any atom is 0.164 e. The fourth-order valence-electron chi connectivity index (χ4n) is 7.85. The third-order valence-corrected chi connectivity index (χ3v) is 11.7. The molecule has 4 nitrogen and oxygen atoms in total. The Bertz CT molecular complexity index is 3230. The van der Waals surface area contributed by atoms with E-state index in [1.54, 1.807) is 0 Å². The van der Waals surface area contributed by atoms with Gasteiger partial charge in [0.2, 0.25) is 0 Å². The Morgan fingerprint density at radius 3 is 1.66 bits per heavy atom. The molecule has 0 saturated heterocycles. The van der Waals surface area contributed by atoms with Gasteiger partial charge in [0, 0.05) is 47.6 Å². The summed E-state index contributed by atoms with van der Waals surface area (Å²) in [6, 6.07) is 65.7. The minimum absolute atomic E-state index is 0.591. The number of hydrogen-bond acceptors (Lipinski definition) is 5. The molecule has 0 amide bonds. The molecule has 11 rings (SSSR count). The van der Waals surface area contributed by atoms with Crippen molar-refractivity contribution in [3.05, 3.63) is 188 Å². The monoisotopic (exact) mass is 733 g/mol. The summed E-state index contributed by atoms with van der Waals surface area (Å²) in [6.07, 6.45) is 0. The SMILES string of the molecule is c1ccc(-c2ccc(-c3nc(-c4ccccc4)nc(-c4cc(-c5ccc6sc7cccc(-c8ccccc8)c7c6c5)cc5oc6ccccc6c45)n3)cc2)cc1. The van der Waals surface area contributed by atoms with Gasteiger partial charge in [-0.1, -0.05) is 152 Å². The van der Waals surface area contributed by atoms with Gasteiger partial charge in [-0.2, -0.15) is 0 Å². The molecule has 262 valence electrons. The molecule has 56 heavy (non-hydrogen) atoms. The van der Waals surface area contributed by atoms with Gasteiger partial charge in [-0.15, -0.1) is 11.3 Å². The van der Waals surface area contributed by atoms with Crippen molar-refractivity contribution in [3.8, 4) is 67.5 Å². The average molecular weight is 734 g/mol. The van der Waals surface area contributed by atoms with Crippen molar-refractivity contribution in [2.45, 2.75) is 0 Å². The summed E-state index contributed by atoms with van der Waals surface area (Å²) in [7, 11) is 0. The van der Waals surface area contributed by atoms with Crippen molar-refractivity contribution < 1.29 is 4.42 Å². The summed E-state index contributed by atoms with van der Waals surface area (Å²) in [5.41, 5.74) is 11.2. The van der Waals surface area contributed by atoms with E-state index in [1.165, 1.54) is 31.3 Å². The van der Waals surface area contributed by atoms with Gasteiger partial charge in [0.25, 0.3) is 0 Å². The fourth-order valence-corrected chi connectivity index (χ4v) is 8.96. The van der Waals surface area contributed by atoms with Gasteiger partial charge in [0.15, 0.2) is 17.5 Å². The van der Waals surface area contributed by atoms with Crippen LogP contribution in [0.3, 0.4) is 0 Å². The molecule has 5 heteroatoms. The number of rotatable bonds is 6. The van der Waals surface area contributed by atoms with Crippen LogP contribution in [-0.2, 0) is 0 Å². The number of para-hydroxylation sites is 1. The topological polar surface area (TPSA) is 51.8 Å². The van der Waals surface area contributed by atoms with Gasteiger partial charge in [-0.05, 0) is 69.8 Å². The molecule has 0 aliphatic carbocycles. The van der Waals surface area contributed by atoms with Crippen molar-refractivity contribution >= 4 is 53.4 Å². The Balaban J connectivity index is 1.13. The Kier molecular flexibility index (Phi) is 7.64. The molecular weight excluding hydrogens is 703 g/mol. The summed E-state index contributed by atoms with van der Waals surface area (Å²) in [6.45, 7) is 0. The average Bonchev–Trinajstić information content (AvgIpc) is 3.85. The summed E-state index contributed by atoms with van der Waals surface area (Å²) in [5, 5.41) is 4.51. The molecule has 0 unspecified atom stereocenters. The molecule has 3 aromatic heterocycles. The number of aromatic nitrogens is 3. The summed E-state index contributed by atoms with van der Waals surface area (Å²) in [4.78, 5) is 15.5. The lowest BCUT2D eigenvalue weighted by atomic mass is 9.95. The van der Waals surface area contributed by atoms with Crippen LogP contribution >= 0.6 is 11.3 Å². The summed E-state index contributed by atoms with van der Waals surface area (Å²) in [5.74, 6) is 1.82. The van der Waals surface area contributed by atoms with Gasteiger partial charge in [-0.3, -0.25) is 0 Å². The number of furan rings is 1. The molecule has 0 bridgehead atoms. The Labute approximate surface area is 327 Å². The molecule has 0 spiro atoms. The van der Waals surface area contributed by atoms with Crippen LogP contribution in [0.4, 0.5) is 0 Å². The summed E-state index contributed by atoms with van der Waals surface area (Å²) < 4.78 is 9.14. The Morgan fingerprint density at radius 2 is 0.911 bits per heavy atom. The van der Waals surface area contributed by atoms with E-state index in [2.05, 4.69) is 140 Å². The zero-order valence-electron chi connectivity index (χ0n) is 30.1. The van der Waals surface area contributed by atoms with Gasteiger partial charge in [0.05, 0.1) is 0 Å². The first kappa shape index (κ1) is 32.2. The number of thiophene rings is 1. The first-order valence-electron chi connectivity index (χ1n) is 18.7. The highest BCUT2D eigenvalue weighted by Gasteiger charge is 2.20. The van der Waals surface area contributed by atoms with E-state index < -0.39 is 0 Å². The maximum atomic E-state index is 6.61. The van der Waals surface area contributed by atoms with E-state index in [-0.39, 0.29) is 0 Å². The molecule has 0 saturated carbocycles. The standard InChI is InChI=1S/C51H31N3OS/c1-4-13-32(14-5-1)33-23-25-36(26-24-33)50-52-49(35-17-8-3-9-18-35)53-51(54-50)42-30-38(31-44-47(42)40-19-10-11-21-43(40)55-44)37-27-28-45-41(29-37)48-39(20-12-22-46(48)56-45)34-15-6-2-7-16-34/h1-31H. The second kappa shape index (κ2) is 13.3. The van der Waals surface area contributed by atoms with Gasteiger partial charge in [0.1, 0.15) is 11.2 Å². The smallest absolute Gasteiger partial charge is 0.164 e. The molecule has 11 aromatic rings. The quantitative estimate of drug-likeness (QED) is 0.171. The zero-order chi connectivity index (χ0) is 37.0. The van der Waals surface area contributed by atoms with Crippen LogP contribution in [0.1, 0.15) is 0 Å². The minimum Gasteiger partial charge on any atom is -0.456 e. The van der Waals surface area contributed by atoms with Crippen LogP contribution in [0.15, 0.2) is 192 Å². The summed E-state index contributed by atoms with van der Waals surface area (Å²) >= 11 is 1.83. The number of hydrogen-bond donors (Lipinski definition) is 0. The van der Waals surface area contributed by atoms with E-state index >= 15 is 0 Å². The molecule has 0 radical (unpaired) electrons. The van der Waals surface area contributed by atoms with E-state index in [9.17, 15) is 0 Å². The number of nitrogens with zero attached hydrogens (tertiary/aromatic N) is 3. The van der Waals surface area contributed by atoms with Gasteiger partial charge < -0.3 is 4.42 Å². The van der Waals surface area contributed by atoms with Crippen molar-refractivity contribution in [3.63, 3.8) is 0 Å². The highest BCUT2D eigenvalue weighted by Crippen LogP contribution is 2.44. The number of fused-ring (bicyclic) bond motifs is 6. The first-order valence-corrected chi connectivity index (χ1v) is 19.5. The van der Waals surface area contributed by atoms with E-state index in [1.807, 2.05) is 59.9 Å². The highest BCUT2D eigenvalue weighted by atomic mass is 32.1. The van der Waals surface area contributed by atoms with Crippen LogP contribution in [0.25, 0.3) is 110 Å². The van der Waals surface area contributed by atoms with Gasteiger partial charge >= 0.3 is 0 Å². The third-order valence-electron chi connectivity index (χ3n) is 10.6. The largest absolute Gasteiger partial charge is 0.456 e. The fraction of sp³-hybridized carbons (Fsp3) is 0. The Hall–Kier alpha value is -7.21. The predicted molar refractivity (Wildman–Crippen MR) is 233 cm³/mol. The molecule has 0 fully saturated rings. The van der Waals surface area contributed by atoms with Crippen molar-refractivity contribution in [1.82, 2.24) is 15.0 Å². The molecule has 0 aliphatic heterocycles. The molecular formula is C51H31N3OS. The van der Waals surface area contributed by atoms with Crippen molar-refractivity contribution in [2.75, 3.05) is 0 Å². The third kappa shape index (κ3) is 5.56. The van der Waals surface area contributed by atoms with Crippen LogP contribution in [0.2, 0.25) is 0 Å². The van der Waals surface area contributed by atoms with E-state index in [4.69, 9.17) is 19.4 Å². The highest BCUT2D eigenvalue weighted by molar-refractivity contribution is 7.26. The lowest BCUT2D eigenvalue weighted by Crippen LogP contribution is -2.00. The number of benzene rings is 8. The van der Waals surface area contributed by atoms with E-state index in [0.29, 0.717) is 17.5 Å². The van der Waals surface area contributed by atoms with E-state index in [0.717, 1.165) is 60.9 Å². The lowest BCUT2D eigenvalue weighted by Gasteiger charge is -2.12. The van der Waals surface area contributed by atoms with Crippen molar-refractivity contribution in [2.24, 2.45) is 0 Å². The van der Waals surface area contributed by atoms with Gasteiger partial charge in [-0.25, -0.2) is 15.0 Å². The molecule has 0 aliphatic rings. The van der Waals surface area contributed by atoms with Crippen LogP contribution in [0, 0.1) is 0 Å². The van der Waals surface area contributed by atoms with Crippen molar-refractivity contribution in [1.29, 1.82) is 0 Å². The molecule has 0 N–H and O–H groups in total. The van der Waals surface area contributed by atoms with Crippen LogP contribution in [0.5, 0.6) is 0 Å². The second-order valence-corrected chi connectivity index (χ2v) is 15.1. The molecule has 8 aromatic carbocycles. The minimum atomic E-state index is 0.591. The lowest BCUT2D eigenvalue weighted by molar-refractivity contribution is 0.669. The molecule has 3 heterocycles. The first-order chi connectivity index (χ1) is 27.7. The van der Waals surface area contributed by atoms with Crippen LogP contribution in [-0.4, -0.2) is 15.0 Å². The predicted octanol–water partition coefficient (Wildman–Crippen LogP) is 14.1. The second-order valence-electron chi connectivity index (χ2n) is 14.0.